The van der Waals surface area contributed by atoms with Crippen LogP contribution in [0.1, 0.15) is 361 Å². The van der Waals surface area contributed by atoms with Gasteiger partial charge in [-0.15, -0.1) is 0 Å². The van der Waals surface area contributed by atoms with Crippen molar-refractivity contribution in [3.8, 4) is 0 Å². The molecule has 0 aromatic rings. The SMILES string of the molecule is CCCCC/C=C\C/C=C\CCCCCCCC(=O)OCCCCCCCCCCCCCC/C=C\CCCCCCCCCCCCCCCCCCCC(=O)NC(CO)C(O)/C=C/CCCCCCCCCCC. The number of aliphatic hydroxyl groups excluding tert-OH is 2. The Balaban J connectivity index is 3.35. The van der Waals surface area contributed by atoms with Crippen LogP contribution in [0.4, 0.5) is 0 Å². The molecule has 0 aromatic heterocycles. The first-order valence-corrected chi connectivity index (χ1v) is 33.9. The number of carbonyl (C=O) groups excluding carboxylic acids is 2. The lowest BCUT2D eigenvalue weighted by Crippen LogP contribution is -2.45. The summed E-state index contributed by atoms with van der Waals surface area (Å²) in [6.07, 6.45) is 84.8. The zero-order valence-electron chi connectivity index (χ0n) is 51.0. The van der Waals surface area contributed by atoms with Gasteiger partial charge in [0.25, 0.3) is 0 Å². The average Bonchev–Trinajstić information content (AvgIpc) is 3.42. The Morgan fingerprint density at radius 2 is 0.658 bits per heavy atom. The monoisotopic (exact) mass is 1070 g/mol. The van der Waals surface area contributed by atoms with Crippen LogP contribution in [0.15, 0.2) is 48.6 Å². The molecule has 76 heavy (non-hydrogen) atoms. The van der Waals surface area contributed by atoms with Crippen molar-refractivity contribution in [2.45, 2.75) is 373 Å². The minimum absolute atomic E-state index is 0.00421. The third-order valence-electron chi connectivity index (χ3n) is 15.6. The molecule has 6 nitrogen and oxygen atoms in total. The summed E-state index contributed by atoms with van der Waals surface area (Å²) >= 11 is 0. The first-order valence-electron chi connectivity index (χ1n) is 33.9. The fourth-order valence-corrected chi connectivity index (χ4v) is 10.4. The Kier molecular flexibility index (Phi) is 63.5. The predicted octanol–water partition coefficient (Wildman–Crippen LogP) is 21.7. The fraction of sp³-hybridized carbons (Fsp3) is 0.857. The lowest BCUT2D eigenvalue weighted by atomic mass is 10.0. The van der Waals surface area contributed by atoms with Gasteiger partial charge in [0.2, 0.25) is 5.91 Å². The van der Waals surface area contributed by atoms with E-state index in [-0.39, 0.29) is 18.5 Å². The van der Waals surface area contributed by atoms with E-state index in [9.17, 15) is 19.8 Å². The van der Waals surface area contributed by atoms with Crippen molar-refractivity contribution in [1.82, 2.24) is 5.32 Å². The third kappa shape index (κ3) is 61.0. The molecule has 2 atom stereocenters. The van der Waals surface area contributed by atoms with E-state index in [2.05, 4.69) is 55.6 Å². The van der Waals surface area contributed by atoms with Gasteiger partial charge in [0.1, 0.15) is 0 Å². The van der Waals surface area contributed by atoms with Crippen LogP contribution in [0, 0.1) is 0 Å². The number of aliphatic hydroxyl groups is 2. The van der Waals surface area contributed by atoms with E-state index in [1.165, 1.54) is 283 Å². The summed E-state index contributed by atoms with van der Waals surface area (Å²) in [4.78, 5) is 24.5. The number of unbranched alkanes of at least 4 members (excludes halogenated alkanes) is 46. The highest BCUT2D eigenvalue weighted by Gasteiger charge is 2.18. The van der Waals surface area contributed by atoms with Gasteiger partial charge in [0, 0.05) is 12.8 Å². The highest BCUT2D eigenvalue weighted by molar-refractivity contribution is 5.76. The van der Waals surface area contributed by atoms with Gasteiger partial charge >= 0.3 is 5.97 Å². The van der Waals surface area contributed by atoms with E-state index in [0.29, 0.717) is 19.4 Å². The fourth-order valence-electron chi connectivity index (χ4n) is 10.4. The zero-order chi connectivity index (χ0) is 55.0. The zero-order valence-corrected chi connectivity index (χ0v) is 51.0. The van der Waals surface area contributed by atoms with Gasteiger partial charge in [0.15, 0.2) is 0 Å². The number of nitrogens with one attached hydrogen (secondary N) is 1. The smallest absolute Gasteiger partial charge is 0.305 e. The molecule has 0 aliphatic rings. The highest BCUT2D eigenvalue weighted by Crippen LogP contribution is 2.18. The molecule has 0 aromatic carbocycles. The molecule has 0 fully saturated rings. The summed E-state index contributed by atoms with van der Waals surface area (Å²) in [6, 6.07) is -0.624. The molecule has 0 saturated heterocycles. The van der Waals surface area contributed by atoms with Crippen molar-refractivity contribution in [2.24, 2.45) is 0 Å². The van der Waals surface area contributed by atoms with E-state index < -0.39 is 12.1 Å². The number of esters is 1. The van der Waals surface area contributed by atoms with E-state index in [0.717, 1.165) is 51.4 Å². The Labute approximate surface area is 474 Å². The topological polar surface area (TPSA) is 95.9 Å². The van der Waals surface area contributed by atoms with Gasteiger partial charge < -0.3 is 20.3 Å². The van der Waals surface area contributed by atoms with Crippen LogP contribution < -0.4 is 5.32 Å². The summed E-state index contributed by atoms with van der Waals surface area (Å²) in [5.74, 6) is -0.0612. The first kappa shape index (κ1) is 73.8. The molecule has 0 heterocycles. The maximum atomic E-state index is 12.4. The summed E-state index contributed by atoms with van der Waals surface area (Å²) < 4.78 is 5.48. The van der Waals surface area contributed by atoms with Crippen molar-refractivity contribution in [3.63, 3.8) is 0 Å². The first-order chi connectivity index (χ1) is 37.5. The number of allylic oxidation sites excluding steroid dienone is 7. The van der Waals surface area contributed by atoms with Crippen LogP contribution in [0.3, 0.4) is 0 Å². The van der Waals surface area contributed by atoms with Crippen LogP contribution in [0.2, 0.25) is 0 Å². The molecular formula is C70H131NO5. The Morgan fingerprint density at radius 3 is 1.04 bits per heavy atom. The second kappa shape index (κ2) is 65.3. The Bertz CT molecular complexity index is 1270. The maximum Gasteiger partial charge on any atom is 0.305 e. The summed E-state index contributed by atoms with van der Waals surface area (Å²) in [6.45, 7) is 4.87. The Hall–Kier alpha value is -2.18. The molecule has 0 saturated carbocycles. The quantitative estimate of drug-likeness (QED) is 0.0320. The molecule has 3 N–H and O–H groups in total. The summed E-state index contributed by atoms with van der Waals surface area (Å²) in [5.41, 5.74) is 0. The Morgan fingerprint density at radius 1 is 0.368 bits per heavy atom. The van der Waals surface area contributed by atoms with Gasteiger partial charge in [-0.2, -0.15) is 0 Å². The number of hydrogen-bond acceptors (Lipinski definition) is 5. The molecule has 446 valence electrons. The van der Waals surface area contributed by atoms with Crippen LogP contribution in [-0.2, 0) is 14.3 Å². The minimum Gasteiger partial charge on any atom is -0.466 e. The van der Waals surface area contributed by atoms with Gasteiger partial charge in [-0.3, -0.25) is 9.59 Å². The molecule has 0 aliphatic carbocycles. The van der Waals surface area contributed by atoms with Crippen molar-refractivity contribution >= 4 is 11.9 Å². The second-order valence-corrected chi connectivity index (χ2v) is 23.1. The van der Waals surface area contributed by atoms with Gasteiger partial charge in [-0.25, -0.2) is 0 Å². The number of hydrogen-bond donors (Lipinski definition) is 3. The molecule has 2 unspecified atom stereocenters. The predicted molar refractivity (Wildman–Crippen MR) is 333 cm³/mol. The van der Waals surface area contributed by atoms with Crippen molar-refractivity contribution in [3.05, 3.63) is 48.6 Å². The maximum absolute atomic E-state index is 12.4. The largest absolute Gasteiger partial charge is 0.466 e. The van der Waals surface area contributed by atoms with Crippen LogP contribution in [0.25, 0.3) is 0 Å². The number of rotatable bonds is 63. The lowest BCUT2D eigenvalue weighted by Gasteiger charge is -2.20. The summed E-state index contributed by atoms with van der Waals surface area (Å²) in [5, 5.41) is 23.0. The summed E-state index contributed by atoms with van der Waals surface area (Å²) in [7, 11) is 0. The minimum atomic E-state index is -0.841. The van der Waals surface area contributed by atoms with Gasteiger partial charge in [-0.1, -0.05) is 306 Å². The molecule has 0 bridgehead atoms. The standard InChI is InChI=1S/C70H131NO5/c1-3-5-7-9-11-13-15-16-36-40-44-48-52-56-60-64-70(75)76-65-61-57-53-49-45-41-38-35-33-31-29-27-25-23-21-19-17-18-20-22-24-26-28-30-32-34-37-39-43-47-51-55-59-63-69(74)71-67(66-72)68(73)62-58-54-50-46-42-14-12-10-8-6-4-2/h11,13,16,21,23,36,58,62,67-68,72-73H,3-10,12,14-15,17-20,22,24-35,37-57,59-61,63-66H2,1-2H3,(H,71,74)/b13-11-,23-21-,36-16-,62-58+. The molecule has 6 heteroatoms. The molecule has 0 spiro atoms. The highest BCUT2D eigenvalue weighted by atomic mass is 16.5. The van der Waals surface area contributed by atoms with Crippen LogP contribution in [-0.4, -0.2) is 47.4 Å². The normalized spacial score (nSPS) is 12.8. The van der Waals surface area contributed by atoms with E-state index >= 15 is 0 Å². The van der Waals surface area contributed by atoms with Gasteiger partial charge in [0.05, 0.1) is 25.4 Å². The van der Waals surface area contributed by atoms with Gasteiger partial charge in [-0.05, 0) is 89.9 Å². The number of carbonyl (C=O) groups is 2. The third-order valence-corrected chi connectivity index (χ3v) is 15.6. The van der Waals surface area contributed by atoms with E-state index in [1.54, 1.807) is 6.08 Å². The molecule has 0 radical (unpaired) electrons. The van der Waals surface area contributed by atoms with Crippen LogP contribution in [0.5, 0.6) is 0 Å². The molecular weight excluding hydrogens is 935 g/mol. The average molecular weight is 1070 g/mol. The molecule has 1 amide bonds. The van der Waals surface area contributed by atoms with Crippen molar-refractivity contribution in [1.29, 1.82) is 0 Å². The lowest BCUT2D eigenvalue weighted by molar-refractivity contribution is -0.143. The van der Waals surface area contributed by atoms with Crippen molar-refractivity contribution in [2.75, 3.05) is 13.2 Å². The number of ether oxygens (including phenoxy) is 1. The number of amides is 1. The van der Waals surface area contributed by atoms with Crippen LogP contribution >= 0.6 is 0 Å². The molecule has 0 aliphatic heterocycles. The van der Waals surface area contributed by atoms with E-state index in [4.69, 9.17) is 4.74 Å². The molecule has 0 rings (SSSR count). The second-order valence-electron chi connectivity index (χ2n) is 23.1. The van der Waals surface area contributed by atoms with E-state index in [1.807, 2.05) is 6.08 Å². The van der Waals surface area contributed by atoms with Crippen molar-refractivity contribution < 1.29 is 24.5 Å².